The molecule has 0 saturated carbocycles. The number of nitrogens with one attached hydrogen (secondary N) is 1. The standard InChI is InChI=1S/C18H26N4O2/c1-3-5-15-13-22(9-8-21(15)10-11-24-2)18(23)16-7-4-6-14-12-19-20-17(14)16/h4,6-7,12,15H,3,5,8-11,13H2,1-2H3,(H,19,20)/t15-/m1/s1. The lowest BCUT2D eigenvalue weighted by atomic mass is 10.0. The Morgan fingerprint density at radius 1 is 1.42 bits per heavy atom. The van der Waals surface area contributed by atoms with Crippen LogP contribution in [0.5, 0.6) is 0 Å². The number of ether oxygens (including phenoxy) is 1. The molecule has 1 saturated heterocycles. The van der Waals surface area contributed by atoms with Crippen molar-refractivity contribution in [1.82, 2.24) is 20.0 Å². The second kappa shape index (κ2) is 7.77. The molecule has 6 nitrogen and oxygen atoms in total. The van der Waals surface area contributed by atoms with E-state index in [1.54, 1.807) is 13.3 Å². The molecular formula is C18H26N4O2. The molecule has 0 spiro atoms. The van der Waals surface area contributed by atoms with Crippen LogP contribution in [-0.2, 0) is 4.74 Å². The molecular weight excluding hydrogens is 304 g/mol. The maximum Gasteiger partial charge on any atom is 0.256 e. The molecule has 6 heteroatoms. The van der Waals surface area contributed by atoms with Gasteiger partial charge in [0.05, 0.1) is 23.9 Å². The lowest BCUT2D eigenvalue weighted by Gasteiger charge is -2.41. The van der Waals surface area contributed by atoms with Crippen LogP contribution in [0.1, 0.15) is 30.1 Å². The van der Waals surface area contributed by atoms with Crippen LogP contribution in [0.4, 0.5) is 0 Å². The smallest absolute Gasteiger partial charge is 0.256 e. The molecule has 0 unspecified atom stereocenters. The van der Waals surface area contributed by atoms with Crippen molar-refractivity contribution in [2.45, 2.75) is 25.8 Å². The summed E-state index contributed by atoms with van der Waals surface area (Å²) in [7, 11) is 1.74. The van der Waals surface area contributed by atoms with Gasteiger partial charge in [-0.3, -0.25) is 14.8 Å². The second-order valence-corrected chi connectivity index (χ2v) is 6.36. The average molecular weight is 330 g/mol. The molecule has 1 aliphatic rings. The highest BCUT2D eigenvalue weighted by Gasteiger charge is 2.29. The summed E-state index contributed by atoms with van der Waals surface area (Å²) >= 11 is 0. The third-order valence-electron chi connectivity index (χ3n) is 4.80. The van der Waals surface area contributed by atoms with Crippen molar-refractivity contribution < 1.29 is 9.53 Å². The zero-order chi connectivity index (χ0) is 16.9. The molecule has 2 aromatic rings. The Bertz CT molecular complexity index is 684. The van der Waals surface area contributed by atoms with Crippen molar-refractivity contribution in [2.75, 3.05) is 39.9 Å². The van der Waals surface area contributed by atoms with E-state index in [0.29, 0.717) is 11.6 Å². The predicted octanol–water partition coefficient (Wildman–Crippen LogP) is 2.14. The van der Waals surface area contributed by atoms with Gasteiger partial charge in [-0.15, -0.1) is 0 Å². The molecule has 1 aliphatic heterocycles. The molecule has 0 radical (unpaired) electrons. The summed E-state index contributed by atoms with van der Waals surface area (Å²) in [5.74, 6) is 0.0948. The molecule has 1 atom stereocenters. The number of H-pyrrole nitrogens is 1. The molecule has 1 aromatic carbocycles. The normalized spacial score (nSPS) is 19.1. The topological polar surface area (TPSA) is 61.5 Å². The van der Waals surface area contributed by atoms with Crippen LogP contribution in [-0.4, -0.2) is 71.8 Å². The van der Waals surface area contributed by atoms with Crippen molar-refractivity contribution in [3.63, 3.8) is 0 Å². The van der Waals surface area contributed by atoms with E-state index in [1.165, 1.54) is 0 Å². The number of aromatic amines is 1. The fourth-order valence-corrected chi connectivity index (χ4v) is 3.50. The third-order valence-corrected chi connectivity index (χ3v) is 4.80. The Kier molecular flexibility index (Phi) is 5.48. The van der Waals surface area contributed by atoms with Gasteiger partial charge in [0.2, 0.25) is 0 Å². The molecule has 2 heterocycles. The summed E-state index contributed by atoms with van der Waals surface area (Å²) in [6.07, 6.45) is 3.97. The number of methoxy groups -OCH3 is 1. The number of para-hydroxylation sites is 1. The monoisotopic (exact) mass is 330 g/mol. The number of amides is 1. The summed E-state index contributed by atoms with van der Waals surface area (Å²) in [6, 6.07) is 6.18. The SMILES string of the molecule is CCC[C@@H]1CN(C(=O)c2cccc3cn[nH]c23)CCN1CCOC. The van der Waals surface area contributed by atoms with E-state index in [9.17, 15) is 4.79 Å². The van der Waals surface area contributed by atoms with Crippen LogP contribution >= 0.6 is 0 Å². The van der Waals surface area contributed by atoms with Crippen molar-refractivity contribution in [1.29, 1.82) is 0 Å². The zero-order valence-corrected chi connectivity index (χ0v) is 14.5. The number of carbonyl (C=O) groups excluding carboxylic acids is 1. The van der Waals surface area contributed by atoms with Crippen molar-refractivity contribution in [3.05, 3.63) is 30.0 Å². The van der Waals surface area contributed by atoms with Gasteiger partial charge in [-0.1, -0.05) is 25.5 Å². The van der Waals surface area contributed by atoms with E-state index in [1.807, 2.05) is 23.1 Å². The number of carbonyl (C=O) groups is 1. The lowest BCUT2D eigenvalue weighted by Crippen LogP contribution is -2.55. The predicted molar refractivity (Wildman–Crippen MR) is 94.1 cm³/mol. The summed E-state index contributed by atoms with van der Waals surface area (Å²) in [5, 5.41) is 8.00. The number of nitrogens with zero attached hydrogens (tertiary/aromatic N) is 3. The molecule has 1 aromatic heterocycles. The van der Waals surface area contributed by atoms with E-state index < -0.39 is 0 Å². The molecule has 0 bridgehead atoms. The number of fused-ring (bicyclic) bond motifs is 1. The first-order valence-electron chi connectivity index (χ1n) is 8.69. The van der Waals surface area contributed by atoms with E-state index in [-0.39, 0.29) is 5.91 Å². The largest absolute Gasteiger partial charge is 0.383 e. The summed E-state index contributed by atoms with van der Waals surface area (Å²) < 4.78 is 5.22. The van der Waals surface area contributed by atoms with Gasteiger partial charge in [-0.25, -0.2) is 0 Å². The molecule has 1 N–H and O–H groups in total. The van der Waals surface area contributed by atoms with Crippen LogP contribution in [0.25, 0.3) is 10.9 Å². The molecule has 24 heavy (non-hydrogen) atoms. The minimum atomic E-state index is 0.0948. The van der Waals surface area contributed by atoms with E-state index in [4.69, 9.17) is 4.74 Å². The van der Waals surface area contributed by atoms with Crippen molar-refractivity contribution >= 4 is 16.8 Å². The second-order valence-electron chi connectivity index (χ2n) is 6.36. The Morgan fingerprint density at radius 2 is 2.29 bits per heavy atom. The minimum Gasteiger partial charge on any atom is -0.383 e. The highest BCUT2D eigenvalue weighted by Crippen LogP contribution is 2.21. The Balaban J connectivity index is 1.75. The summed E-state index contributed by atoms with van der Waals surface area (Å²) in [5.41, 5.74) is 1.54. The van der Waals surface area contributed by atoms with Crippen molar-refractivity contribution in [2.24, 2.45) is 0 Å². The van der Waals surface area contributed by atoms with Gasteiger partial charge in [-0.05, 0) is 12.5 Å². The maximum absolute atomic E-state index is 13.0. The molecule has 130 valence electrons. The van der Waals surface area contributed by atoms with Gasteiger partial charge in [0.25, 0.3) is 5.91 Å². The zero-order valence-electron chi connectivity index (χ0n) is 14.5. The van der Waals surface area contributed by atoms with Gasteiger partial charge in [0.1, 0.15) is 0 Å². The lowest BCUT2D eigenvalue weighted by molar-refractivity contribution is 0.0372. The van der Waals surface area contributed by atoms with Crippen LogP contribution in [0.3, 0.4) is 0 Å². The fraction of sp³-hybridized carbons (Fsp3) is 0.556. The number of piperazine rings is 1. The first-order chi connectivity index (χ1) is 11.7. The molecule has 0 aliphatic carbocycles. The number of rotatable bonds is 6. The molecule has 1 fully saturated rings. The number of hydrogen-bond acceptors (Lipinski definition) is 4. The maximum atomic E-state index is 13.0. The van der Waals surface area contributed by atoms with Gasteiger partial charge in [-0.2, -0.15) is 5.10 Å². The number of benzene rings is 1. The highest BCUT2D eigenvalue weighted by atomic mass is 16.5. The average Bonchev–Trinajstić information content (AvgIpc) is 3.09. The molecule has 1 amide bonds. The van der Waals surface area contributed by atoms with Crippen LogP contribution < -0.4 is 0 Å². The van der Waals surface area contributed by atoms with Gasteiger partial charge < -0.3 is 9.64 Å². The first-order valence-corrected chi connectivity index (χ1v) is 8.69. The summed E-state index contributed by atoms with van der Waals surface area (Å²) in [6.45, 7) is 6.30. The highest BCUT2D eigenvalue weighted by molar-refractivity contribution is 6.05. The Morgan fingerprint density at radius 3 is 3.08 bits per heavy atom. The van der Waals surface area contributed by atoms with Crippen LogP contribution in [0.15, 0.2) is 24.4 Å². The first kappa shape index (κ1) is 16.9. The van der Waals surface area contributed by atoms with E-state index in [0.717, 1.165) is 56.5 Å². The van der Waals surface area contributed by atoms with Crippen LogP contribution in [0.2, 0.25) is 0 Å². The summed E-state index contributed by atoms with van der Waals surface area (Å²) in [4.78, 5) is 17.5. The van der Waals surface area contributed by atoms with Crippen molar-refractivity contribution in [3.8, 4) is 0 Å². The van der Waals surface area contributed by atoms with E-state index >= 15 is 0 Å². The Labute approximate surface area is 142 Å². The van der Waals surface area contributed by atoms with E-state index in [2.05, 4.69) is 22.0 Å². The van der Waals surface area contributed by atoms with Gasteiger partial charge in [0, 0.05) is 44.7 Å². The fourth-order valence-electron chi connectivity index (χ4n) is 3.50. The number of hydrogen-bond donors (Lipinski definition) is 1. The molecule has 3 rings (SSSR count). The minimum absolute atomic E-state index is 0.0948. The Hall–Kier alpha value is -1.92. The number of aromatic nitrogens is 2. The van der Waals surface area contributed by atoms with Gasteiger partial charge >= 0.3 is 0 Å². The van der Waals surface area contributed by atoms with Crippen LogP contribution in [0, 0.1) is 0 Å². The van der Waals surface area contributed by atoms with Gasteiger partial charge in [0.15, 0.2) is 0 Å². The third kappa shape index (κ3) is 3.44. The quantitative estimate of drug-likeness (QED) is 0.881.